The molecule has 0 aliphatic carbocycles. The highest BCUT2D eigenvalue weighted by Gasteiger charge is 2.29. The van der Waals surface area contributed by atoms with Crippen molar-refractivity contribution in [3.8, 4) is 0 Å². The van der Waals surface area contributed by atoms with Crippen LogP contribution in [0.4, 0.5) is 5.13 Å². The molecule has 0 atom stereocenters. The van der Waals surface area contributed by atoms with Gasteiger partial charge in [-0.05, 0) is 31.2 Å². The number of rotatable bonds is 4. The SMILES string of the molecule is CC(=O)c1ccc(S(=O)(=O)N2CCN(c3nc4cccnc4s3)CC2)cc1. The second-order valence-corrected chi connectivity index (χ2v) is 9.19. The molecular formula is C18H18N4O3S2. The summed E-state index contributed by atoms with van der Waals surface area (Å²) in [7, 11) is -3.57. The summed E-state index contributed by atoms with van der Waals surface area (Å²) in [5.41, 5.74) is 1.36. The van der Waals surface area contributed by atoms with E-state index in [-0.39, 0.29) is 10.7 Å². The zero-order valence-electron chi connectivity index (χ0n) is 14.7. The molecule has 2 aromatic heterocycles. The van der Waals surface area contributed by atoms with E-state index in [2.05, 4.69) is 14.9 Å². The smallest absolute Gasteiger partial charge is 0.243 e. The second-order valence-electron chi connectivity index (χ2n) is 6.30. The maximum Gasteiger partial charge on any atom is 0.243 e. The van der Waals surface area contributed by atoms with Gasteiger partial charge in [0.15, 0.2) is 10.9 Å². The maximum atomic E-state index is 12.9. The molecule has 0 saturated carbocycles. The van der Waals surface area contributed by atoms with Gasteiger partial charge in [0, 0.05) is 37.9 Å². The Labute approximate surface area is 161 Å². The van der Waals surface area contributed by atoms with E-state index in [0.717, 1.165) is 15.5 Å². The molecule has 1 fully saturated rings. The zero-order chi connectivity index (χ0) is 19.0. The van der Waals surface area contributed by atoms with Gasteiger partial charge in [-0.3, -0.25) is 4.79 Å². The van der Waals surface area contributed by atoms with Gasteiger partial charge in [0.25, 0.3) is 0 Å². The zero-order valence-corrected chi connectivity index (χ0v) is 16.3. The molecule has 3 heterocycles. The van der Waals surface area contributed by atoms with E-state index in [0.29, 0.717) is 31.7 Å². The van der Waals surface area contributed by atoms with Crippen LogP contribution in [0.2, 0.25) is 0 Å². The predicted octanol–water partition coefficient (Wildman–Crippen LogP) is 2.40. The molecule has 0 spiro atoms. The molecular weight excluding hydrogens is 384 g/mol. The quantitative estimate of drug-likeness (QED) is 0.623. The van der Waals surface area contributed by atoms with Gasteiger partial charge in [0.05, 0.1) is 4.90 Å². The highest BCUT2D eigenvalue weighted by atomic mass is 32.2. The summed E-state index contributed by atoms with van der Waals surface area (Å²) in [6, 6.07) is 9.88. The average molecular weight is 403 g/mol. The van der Waals surface area contributed by atoms with E-state index in [9.17, 15) is 13.2 Å². The number of pyridine rings is 1. The van der Waals surface area contributed by atoms with Crippen LogP contribution in [0.5, 0.6) is 0 Å². The molecule has 0 radical (unpaired) electrons. The minimum Gasteiger partial charge on any atom is -0.345 e. The van der Waals surface area contributed by atoms with Crippen LogP contribution in [0.1, 0.15) is 17.3 Å². The van der Waals surface area contributed by atoms with Crippen LogP contribution in [-0.4, -0.2) is 54.7 Å². The highest BCUT2D eigenvalue weighted by molar-refractivity contribution is 7.89. The van der Waals surface area contributed by atoms with Crippen molar-refractivity contribution in [1.82, 2.24) is 14.3 Å². The Bertz CT molecular complexity index is 1050. The van der Waals surface area contributed by atoms with E-state index < -0.39 is 10.0 Å². The van der Waals surface area contributed by atoms with Crippen molar-refractivity contribution in [2.45, 2.75) is 11.8 Å². The number of nitrogens with zero attached hydrogens (tertiary/aromatic N) is 4. The minimum atomic E-state index is -3.57. The van der Waals surface area contributed by atoms with Crippen LogP contribution in [0.15, 0.2) is 47.5 Å². The molecule has 0 bridgehead atoms. The van der Waals surface area contributed by atoms with Crippen molar-refractivity contribution >= 4 is 42.6 Å². The van der Waals surface area contributed by atoms with Gasteiger partial charge >= 0.3 is 0 Å². The molecule has 1 aliphatic heterocycles. The van der Waals surface area contributed by atoms with Crippen LogP contribution in [0, 0.1) is 0 Å². The second kappa shape index (κ2) is 6.99. The topological polar surface area (TPSA) is 83.5 Å². The van der Waals surface area contributed by atoms with Crippen molar-refractivity contribution < 1.29 is 13.2 Å². The third-order valence-electron chi connectivity index (χ3n) is 4.56. The van der Waals surface area contributed by atoms with Crippen molar-refractivity contribution in [1.29, 1.82) is 0 Å². The molecule has 0 unspecified atom stereocenters. The van der Waals surface area contributed by atoms with Crippen LogP contribution in [0.3, 0.4) is 0 Å². The van der Waals surface area contributed by atoms with Gasteiger partial charge in [-0.1, -0.05) is 23.5 Å². The summed E-state index contributed by atoms with van der Waals surface area (Å²) >= 11 is 1.52. The number of ketones is 1. The lowest BCUT2D eigenvalue weighted by molar-refractivity contribution is 0.101. The number of hydrogen-bond acceptors (Lipinski definition) is 7. The number of hydrogen-bond donors (Lipinski definition) is 0. The Kier molecular flexibility index (Phi) is 4.67. The van der Waals surface area contributed by atoms with E-state index >= 15 is 0 Å². The number of benzene rings is 1. The van der Waals surface area contributed by atoms with E-state index in [1.807, 2.05) is 12.1 Å². The first-order valence-electron chi connectivity index (χ1n) is 8.53. The third-order valence-corrected chi connectivity index (χ3v) is 7.52. The average Bonchev–Trinajstić information content (AvgIpc) is 3.12. The van der Waals surface area contributed by atoms with Crippen molar-refractivity contribution in [3.63, 3.8) is 0 Å². The van der Waals surface area contributed by atoms with Crippen molar-refractivity contribution in [2.75, 3.05) is 31.1 Å². The number of piperazine rings is 1. The van der Waals surface area contributed by atoms with E-state index in [1.165, 1.54) is 34.7 Å². The first-order chi connectivity index (χ1) is 12.9. The monoisotopic (exact) mass is 402 g/mol. The molecule has 9 heteroatoms. The lowest BCUT2D eigenvalue weighted by Crippen LogP contribution is -2.48. The Balaban J connectivity index is 1.48. The van der Waals surface area contributed by atoms with Gasteiger partial charge in [-0.15, -0.1) is 0 Å². The molecule has 4 rings (SSSR count). The number of anilines is 1. The molecule has 1 saturated heterocycles. The number of fused-ring (bicyclic) bond motifs is 1. The number of carbonyl (C=O) groups is 1. The normalized spacial score (nSPS) is 16.0. The van der Waals surface area contributed by atoms with Crippen LogP contribution < -0.4 is 4.90 Å². The number of Topliss-reactive ketones (excluding diaryl/α,β-unsaturated/α-hetero) is 1. The Morgan fingerprint density at radius 1 is 1.07 bits per heavy atom. The lowest BCUT2D eigenvalue weighted by Gasteiger charge is -2.33. The van der Waals surface area contributed by atoms with Crippen LogP contribution in [0.25, 0.3) is 10.3 Å². The molecule has 0 amide bonds. The Hall–Kier alpha value is -2.36. The molecule has 140 valence electrons. The summed E-state index contributed by atoms with van der Waals surface area (Å²) in [6.07, 6.45) is 1.74. The van der Waals surface area contributed by atoms with Gasteiger partial charge in [0.1, 0.15) is 10.3 Å². The van der Waals surface area contributed by atoms with Gasteiger partial charge in [0.2, 0.25) is 10.0 Å². The number of aromatic nitrogens is 2. The summed E-state index contributed by atoms with van der Waals surface area (Å²) in [4.78, 5) is 23.5. The number of thiazole rings is 1. The molecule has 27 heavy (non-hydrogen) atoms. The van der Waals surface area contributed by atoms with Gasteiger partial charge in [-0.25, -0.2) is 18.4 Å². The predicted molar refractivity (Wildman–Crippen MR) is 105 cm³/mol. The summed E-state index contributed by atoms with van der Waals surface area (Å²) in [5, 5.41) is 0.867. The minimum absolute atomic E-state index is 0.0853. The fourth-order valence-electron chi connectivity index (χ4n) is 3.02. The van der Waals surface area contributed by atoms with Crippen LogP contribution in [-0.2, 0) is 10.0 Å². The molecule has 1 aromatic carbocycles. The molecule has 7 nitrogen and oxygen atoms in total. The number of sulfonamides is 1. The lowest BCUT2D eigenvalue weighted by atomic mass is 10.2. The first-order valence-corrected chi connectivity index (χ1v) is 10.8. The third kappa shape index (κ3) is 3.45. The Morgan fingerprint density at radius 3 is 2.41 bits per heavy atom. The van der Waals surface area contributed by atoms with Gasteiger partial charge < -0.3 is 4.90 Å². The van der Waals surface area contributed by atoms with E-state index in [1.54, 1.807) is 18.3 Å². The fourth-order valence-corrected chi connectivity index (χ4v) is 5.41. The molecule has 3 aromatic rings. The van der Waals surface area contributed by atoms with E-state index in [4.69, 9.17) is 0 Å². The van der Waals surface area contributed by atoms with Crippen molar-refractivity contribution in [2.24, 2.45) is 0 Å². The summed E-state index contributed by atoms with van der Waals surface area (Å²) < 4.78 is 27.2. The maximum absolute atomic E-state index is 12.9. The highest BCUT2D eigenvalue weighted by Crippen LogP contribution is 2.28. The number of carbonyl (C=O) groups excluding carboxylic acids is 1. The molecule has 0 N–H and O–H groups in total. The Morgan fingerprint density at radius 2 is 1.78 bits per heavy atom. The summed E-state index contributed by atoms with van der Waals surface area (Å²) in [5.74, 6) is -0.0853. The summed E-state index contributed by atoms with van der Waals surface area (Å²) in [6.45, 7) is 3.38. The largest absolute Gasteiger partial charge is 0.345 e. The molecule has 1 aliphatic rings. The van der Waals surface area contributed by atoms with Crippen molar-refractivity contribution in [3.05, 3.63) is 48.2 Å². The fraction of sp³-hybridized carbons (Fsp3) is 0.278. The van der Waals surface area contributed by atoms with Gasteiger partial charge in [-0.2, -0.15) is 4.31 Å². The van der Waals surface area contributed by atoms with Crippen LogP contribution >= 0.6 is 11.3 Å². The standard InChI is InChI=1S/C18H18N4O3S2/c1-13(23)14-4-6-15(7-5-14)27(24,25)22-11-9-21(10-12-22)18-20-16-3-2-8-19-17(16)26-18/h2-8H,9-12H2,1H3. The first kappa shape index (κ1) is 18.0.